The van der Waals surface area contributed by atoms with Crippen LogP contribution in [-0.4, -0.2) is 46.0 Å². The Bertz CT molecular complexity index is 1100. The van der Waals surface area contributed by atoms with Crippen LogP contribution in [0.3, 0.4) is 0 Å². The first-order chi connectivity index (χ1) is 14.9. The maximum atomic E-state index is 13.9. The number of carbonyl (C=O) groups is 1. The molecule has 1 spiro atoms. The molecular formula is C24H27FN4O2. The number of aromatic nitrogens is 2. The van der Waals surface area contributed by atoms with Crippen molar-refractivity contribution in [1.29, 1.82) is 0 Å². The Morgan fingerprint density at radius 2 is 1.87 bits per heavy atom. The molecule has 3 heterocycles. The Balaban J connectivity index is 1.30. The van der Waals surface area contributed by atoms with Crippen molar-refractivity contribution in [3.8, 4) is 0 Å². The van der Waals surface area contributed by atoms with Gasteiger partial charge in [-0.25, -0.2) is 9.18 Å². The van der Waals surface area contributed by atoms with Gasteiger partial charge >= 0.3 is 6.09 Å². The van der Waals surface area contributed by atoms with Gasteiger partial charge in [0.2, 0.25) is 0 Å². The van der Waals surface area contributed by atoms with Gasteiger partial charge in [-0.1, -0.05) is 18.2 Å². The first kappa shape index (κ1) is 20.0. The van der Waals surface area contributed by atoms with Crippen molar-refractivity contribution < 1.29 is 13.9 Å². The Morgan fingerprint density at radius 3 is 2.58 bits per heavy atom. The molecule has 0 radical (unpaired) electrons. The number of carbonyl (C=O) groups excluding carboxylic acids is 1. The highest BCUT2D eigenvalue weighted by Crippen LogP contribution is 2.36. The SMILES string of the molecule is CC(C)n1nc(CN2CCC3(CC2)CN(c2ccccc2)C(=O)O3)c2cc(F)ccc21. The van der Waals surface area contributed by atoms with Gasteiger partial charge in [0.25, 0.3) is 0 Å². The average Bonchev–Trinajstić information content (AvgIpc) is 3.28. The summed E-state index contributed by atoms with van der Waals surface area (Å²) >= 11 is 0. The maximum Gasteiger partial charge on any atom is 0.415 e. The molecule has 3 aromatic rings. The van der Waals surface area contributed by atoms with Gasteiger partial charge in [0.05, 0.1) is 17.8 Å². The molecule has 0 atom stereocenters. The quantitative estimate of drug-likeness (QED) is 0.609. The van der Waals surface area contributed by atoms with E-state index < -0.39 is 5.60 Å². The lowest BCUT2D eigenvalue weighted by atomic mass is 9.91. The number of benzene rings is 2. The second-order valence-corrected chi connectivity index (χ2v) is 8.90. The standard InChI is InChI=1S/C24H27FN4O2/c1-17(2)29-22-9-8-18(25)14-20(22)21(26-29)15-27-12-10-24(11-13-27)16-28(23(30)31-24)19-6-4-3-5-7-19/h3-9,14,17H,10-13,15-16H2,1-2H3. The van der Waals surface area contributed by atoms with Crippen molar-refractivity contribution in [3.05, 3.63) is 60.0 Å². The van der Waals surface area contributed by atoms with E-state index in [1.807, 2.05) is 41.1 Å². The van der Waals surface area contributed by atoms with Crippen LogP contribution in [0.5, 0.6) is 0 Å². The van der Waals surface area contributed by atoms with Gasteiger partial charge in [0.1, 0.15) is 11.4 Å². The van der Waals surface area contributed by atoms with E-state index in [4.69, 9.17) is 9.84 Å². The third-order valence-electron chi connectivity index (χ3n) is 6.41. The topological polar surface area (TPSA) is 50.6 Å². The number of amides is 1. The molecule has 0 aliphatic carbocycles. The molecular weight excluding hydrogens is 395 g/mol. The summed E-state index contributed by atoms with van der Waals surface area (Å²) < 4.78 is 21.7. The molecule has 1 amide bonds. The van der Waals surface area contributed by atoms with Crippen molar-refractivity contribution in [2.75, 3.05) is 24.5 Å². The van der Waals surface area contributed by atoms with E-state index in [1.54, 1.807) is 11.0 Å². The van der Waals surface area contributed by atoms with Crippen molar-refractivity contribution in [2.45, 2.75) is 44.9 Å². The molecule has 0 saturated carbocycles. The van der Waals surface area contributed by atoms with Gasteiger partial charge < -0.3 is 4.74 Å². The molecule has 2 aliphatic rings. The number of piperidine rings is 1. The van der Waals surface area contributed by atoms with Crippen molar-refractivity contribution >= 4 is 22.7 Å². The Labute approximate surface area is 181 Å². The highest BCUT2D eigenvalue weighted by molar-refractivity contribution is 5.90. The van der Waals surface area contributed by atoms with E-state index in [9.17, 15) is 9.18 Å². The number of ether oxygens (including phenoxy) is 1. The molecule has 2 saturated heterocycles. The van der Waals surface area contributed by atoms with E-state index in [2.05, 4.69) is 18.7 Å². The normalized spacial score (nSPS) is 19.0. The number of rotatable bonds is 4. The highest BCUT2D eigenvalue weighted by Gasteiger charge is 2.47. The van der Waals surface area contributed by atoms with Crippen LogP contribution in [0.2, 0.25) is 0 Å². The largest absolute Gasteiger partial charge is 0.441 e. The van der Waals surface area contributed by atoms with Crippen LogP contribution in [0.1, 0.15) is 38.4 Å². The maximum absolute atomic E-state index is 13.9. The van der Waals surface area contributed by atoms with Crippen molar-refractivity contribution in [1.82, 2.24) is 14.7 Å². The molecule has 2 aromatic carbocycles. The van der Waals surface area contributed by atoms with Gasteiger partial charge in [-0.15, -0.1) is 0 Å². The number of hydrogen-bond acceptors (Lipinski definition) is 4. The lowest BCUT2D eigenvalue weighted by Crippen LogP contribution is -2.46. The predicted octanol–water partition coefficient (Wildman–Crippen LogP) is 4.75. The summed E-state index contributed by atoms with van der Waals surface area (Å²) in [5.41, 5.74) is 2.30. The summed E-state index contributed by atoms with van der Waals surface area (Å²) in [4.78, 5) is 16.6. The molecule has 0 bridgehead atoms. The fourth-order valence-electron chi connectivity index (χ4n) is 4.71. The molecule has 6 nitrogen and oxygen atoms in total. The molecule has 162 valence electrons. The van der Waals surface area contributed by atoms with Crippen LogP contribution in [0.25, 0.3) is 10.9 Å². The molecule has 7 heteroatoms. The van der Waals surface area contributed by atoms with Gasteiger partial charge in [0, 0.05) is 49.6 Å². The molecule has 2 fully saturated rings. The number of hydrogen-bond donors (Lipinski definition) is 0. The first-order valence-corrected chi connectivity index (χ1v) is 10.9. The van der Waals surface area contributed by atoms with Gasteiger partial charge in [-0.3, -0.25) is 14.5 Å². The summed E-state index contributed by atoms with van der Waals surface area (Å²) in [6, 6.07) is 14.8. The van der Waals surface area contributed by atoms with Crippen LogP contribution < -0.4 is 4.90 Å². The van der Waals surface area contributed by atoms with Crippen LogP contribution in [0.4, 0.5) is 14.9 Å². The molecule has 5 rings (SSSR count). The number of halogens is 1. The van der Waals surface area contributed by atoms with Crippen LogP contribution in [0, 0.1) is 5.82 Å². The van der Waals surface area contributed by atoms with Crippen molar-refractivity contribution in [3.63, 3.8) is 0 Å². The minimum absolute atomic E-state index is 0.202. The summed E-state index contributed by atoms with van der Waals surface area (Å²) in [7, 11) is 0. The average molecular weight is 423 g/mol. The van der Waals surface area contributed by atoms with E-state index in [0.717, 1.165) is 48.2 Å². The summed E-state index contributed by atoms with van der Waals surface area (Å²) in [6.45, 7) is 7.02. The number of fused-ring (bicyclic) bond motifs is 1. The van der Waals surface area contributed by atoms with Crippen LogP contribution in [0.15, 0.2) is 48.5 Å². The van der Waals surface area contributed by atoms with E-state index >= 15 is 0 Å². The molecule has 0 N–H and O–H groups in total. The summed E-state index contributed by atoms with van der Waals surface area (Å²) in [5.74, 6) is -0.242. The van der Waals surface area contributed by atoms with Crippen molar-refractivity contribution in [2.24, 2.45) is 0 Å². The smallest absolute Gasteiger partial charge is 0.415 e. The van der Waals surface area contributed by atoms with E-state index in [1.165, 1.54) is 6.07 Å². The summed E-state index contributed by atoms with van der Waals surface area (Å²) in [6.07, 6.45) is 1.29. The summed E-state index contributed by atoms with van der Waals surface area (Å²) in [5, 5.41) is 5.66. The molecule has 31 heavy (non-hydrogen) atoms. The van der Waals surface area contributed by atoms with E-state index in [-0.39, 0.29) is 18.0 Å². The van der Waals surface area contributed by atoms with Gasteiger partial charge in [0.15, 0.2) is 0 Å². The number of anilines is 1. The number of likely N-dealkylation sites (tertiary alicyclic amines) is 1. The molecule has 1 aromatic heterocycles. The second-order valence-electron chi connectivity index (χ2n) is 8.90. The Kier molecular flexibility index (Phi) is 4.93. The monoisotopic (exact) mass is 422 g/mol. The van der Waals surface area contributed by atoms with Gasteiger partial charge in [-0.2, -0.15) is 5.10 Å². The van der Waals surface area contributed by atoms with E-state index in [0.29, 0.717) is 13.1 Å². The molecule has 2 aliphatic heterocycles. The highest BCUT2D eigenvalue weighted by atomic mass is 19.1. The predicted molar refractivity (Wildman–Crippen MR) is 118 cm³/mol. The third-order valence-corrected chi connectivity index (χ3v) is 6.41. The lowest BCUT2D eigenvalue weighted by Gasteiger charge is -2.37. The van der Waals surface area contributed by atoms with Crippen LogP contribution in [-0.2, 0) is 11.3 Å². The van der Waals surface area contributed by atoms with Crippen LogP contribution >= 0.6 is 0 Å². The zero-order valence-corrected chi connectivity index (χ0v) is 17.9. The van der Waals surface area contributed by atoms with Gasteiger partial charge in [-0.05, 0) is 44.2 Å². The number of para-hydroxylation sites is 1. The zero-order chi connectivity index (χ0) is 21.6. The Hall–Kier alpha value is -2.93. The lowest BCUT2D eigenvalue weighted by molar-refractivity contribution is -0.00119. The zero-order valence-electron chi connectivity index (χ0n) is 17.9. The second kappa shape index (κ2) is 7.64. The minimum Gasteiger partial charge on any atom is -0.441 e. The molecule has 0 unspecified atom stereocenters. The third kappa shape index (κ3) is 3.67. The Morgan fingerprint density at radius 1 is 1.13 bits per heavy atom. The minimum atomic E-state index is -0.436. The fraction of sp³-hybridized carbons (Fsp3) is 0.417. The fourth-order valence-corrected chi connectivity index (χ4v) is 4.71. The first-order valence-electron chi connectivity index (χ1n) is 10.9. The number of nitrogens with zero attached hydrogens (tertiary/aromatic N) is 4.